The fourth-order valence-electron chi connectivity index (χ4n) is 1.65. The normalized spacial score (nSPS) is 10.3. The Morgan fingerprint density at radius 1 is 1.26 bits per heavy atom. The van der Waals surface area contributed by atoms with Crippen molar-refractivity contribution >= 4 is 39.1 Å². The van der Waals surface area contributed by atoms with E-state index in [4.69, 9.17) is 11.6 Å². The van der Waals surface area contributed by atoms with E-state index in [1.807, 2.05) is 6.92 Å². The lowest BCUT2D eigenvalue weighted by Gasteiger charge is -2.10. The van der Waals surface area contributed by atoms with Crippen molar-refractivity contribution < 1.29 is 9.90 Å². The van der Waals surface area contributed by atoms with Crippen LogP contribution >= 0.6 is 27.5 Å². The molecule has 0 atom stereocenters. The lowest BCUT2D eigenvalue weighted by Crippen LogP contribution is -2.13. The molecule has 0 bridgehead atoms. The molecule has 0 aliphatic heterocycles. The number of carbonyl (C=O) groups is 1. The highest BCUT2D eigenvalue weighted by Gasteiger charge is 2.12. The number of phenols is 1. The molecule has 0 saturated carbocycles. The van der Waals surface area contributed by atoms with Gasteiger partial charge in [0.1, 0.15) is 5.75 Å². The summed E-state index contributed by atoms with van der Waals surface area (Å²) in [6.07, 6.45) is 0. The number of amides is 1. The zero-order valence-corrected chi connectivity index (χ0v) is 12.4. The fourth-order valence-corrected chi connectivity index (χ4v) is 2.23. The number of aryl methyl sites for hydroxylation is 1. The average Bonchev–Trinajstić information content (AvgIpc) is 2.35. The molecule has 98 valence electrons. The first-order chi connectivity index (χ1) is 8.97. The smallest absolute Gasteiger partial charge is 0.259 e. The summed E-state index contributed by atoms with van der Waals surface area (Å²) in [5.41, 5.74) is 1.73. The summed E-state index contributed by atoms with van der Waals surface area (Å²) < 4.78 is 0.725. The maximum atomic E-state index is 12.1. The van der Waals surface area contributed by atoms with Crippen LogP contribution in [0.5, 0.6) is 5.75 Å². The number of benzene rings is 2. The van der Waals surface area contributed by atoms with Gasteiger partial charge in [0.05, 0.1) is 5.56 Å². The first kappa shape index (κ1) is 13.9. The lowest BCUT2D eigenvalue weighted by molar-refractivity contribution is 0.102. The van der Waals surface area contributed by atoms with Gasteiger partial charge in [0.2, 0.25) is 0 Å². The minimum atomic E-state index is -0.371. The Morgan fingerprint density at radius 3 is 2.68 bits per heavy atom. The molecule has 0 aliphatic rings. The van der Waals surface area contributed by atoms with Crippen LogP contribution in [0.4, 0.5) is 5.69 Å². The number of carbonyl (C=O) groups excluding carboxylic acids is 1. The molecule has 0 heterocycles. The van der Waals surface area contributed by atoms with E-state index in [-0.39, 0.29) is 17.2 Å². The van der Waals surface area contributed by atoms with Gasteiger partial charge in [-0.2, -0.15) is 0 Å². The molecule has 1 amide bonds. The summed E-state index contributed by atoms with van der Waals surface area (Å²) >= 11 is 9.12. The number of halogens is 2. The maximum Gasteiger partial charge on any atom is 0.259 e. The van der Waals surface area contributed by atoms with Crippen LogP contribution < -0.4 is 5.32 Å². The SMILES string of the molecule is Cc1cc(Cl)ccc1NC(=O)c1cc(Br)ccc1O. The molecule has 3 nitrogen and oxygen atoms in total. The average molecular weight is 341 g/mol. The highest BCUT2D eigenvalue weighted by atomic mass is 79.9. The highest BCUT2D eigenvalue weighted by molar-refractivity contribution is 9.10. The second-order valence-electron chi connectivity index (χ2n) is 4.07. The number of rotatable bonds is 2. The largest absolute Gasteiger partial charge is 0.507 e. The van der Waals surface area contributed by atoms with E-state index in [2.05, 4.69) is 21.2 Å². The van der Waals surface area contributed by atoms with Crippen molar-refractivity contribution in [3.8, 4) is 5.75 Å². The third kappa shape index (κ3) is 3.28. The Bertz CT molecular complexity index is 643. The van der Waals surface area contributed by atoms with Crippen LogP contribution in [0.1, 0.15) is 15.9 Å². The number of hydrogen-bond donors (Lipinski definition) is 2. The van der Waals surface area contributed by atoms with Crippen molar-refractivity contribution in [2.75, 3.05) is 5.32 Å². The number of hydrogen-bond acceptors (Lipinski definition) is 2. The second-order valence-corrected chi connectivity index (χ2v) is 5.43. The van der Waals surface area contributed by atoms with E-state index >= 15 is 0 Å². The molecule has 0 radical (unpaired) electrons. The Morgan fingerprint density at radius 2 is 2.00 bits per heavy atom. The fraction of sp³-hybridized carbons (Fsp3) is 0.0714. The summed E-state index contributed by atoms with van der Waals surface area (Å²) in [5.74, 6) is -0.434. The number of aromatic hydroxyl groups is 1. The van der Waals surface area contributed by atoms with E-state index < -0.39 is 0 Å². The molecule has 0 spiro atoms. The van der Waals surface area contributed by atoms with Crippen LogP contribution in [-0.4, -0.2) is 11.0 Å². The highest BCUT2D eigenvalue weighted by Crippen LogP contribution is 2.24. The van der Waals surface area contributed by atoms with Gasteiger partial charge in [0.15, 0.2) is 0 Å². The zero-order valence-electron chi connectivity index (χ0n) is 10.1. The van der Waals surface area contributed by atoms with Gasteiger partial charge < -0.3 is 10.4 Å². The molecular formula is C14H11BrClNO2. The summed E-state index contributed by atoms with van der Waals surface area (Å²) in [7, 11) is 0. The van der Waals surface area contributed by atoms with Gasteiger partial charge in [0.25, 0.3) is 5.91 Å². The van der Waals surface area contributed by atoms with Crippen molar-refractivity contribution in [3.63, 3.8) is 0 Å². The molecule has 2 aromatic rings. The minimum absolute atomic E-state index is 0.0627. The van der Waals surface area contributed by atoms with E-state index in [0.717, 1.165) is 10.0 Å². The molecule has 0 aromatic heterocycles. The van der Waals surface area contributed by atoms with E-state index in [1.165, 1.54) is 6.07 Å². The van der Waals surface area contributed by atoms with Crippen molar-refractivity contribution in [3.05, 3.63) is 57.0 Å². The molecule has 0 aliphatic carbocycles. The van der Waals surface area contributed by atoms with Gasteiger partial charge in [-0.25, -0.2) is 0 Å². The molecule has 2 rings (SSSR count). The topological polar surface area (TPSA) is 49.3 Å². The predicted molar refractivity (Wildman–Crippen MR) is 79.9 cm³/mol. The van der Waals surface area contributed by atoms with Crippen LogP contribution in [0, 0.1) is 6.92 Å². The molecule has 0 saturated heterocycles. The first-order valence-electron chi connectivity index (χ1n) is 5.53. The van der Waals surface area contributed by atoms with Crippen molar-refractivity contribution in [2.45, 2.75) is 6.92 Å². The first-order valence-corrected chi connectivity index (χ1v) is 6.70. The number of nitrogens with one attached hydrogen (secondary N) is 1. The number of phenolic OH excluding ortho intramolecular Hbond substituents is 1. The Labute approximate surface area is 124 Å². The summed E-state index contributed by atoms with van der Waals surface area (Å²) in [4.78, 5) is 12.1. The summed E-state index contributed by atoms with van der Waals surface area (Å²) in [6, 6.07) is 9.89. The quantitative estimate of drug-likeness (QED) is 0.853. The van der Waals surface area contributed by atoms with E-state index in [9.17, 15) is 9.90 Å². The molecule has 19 heavy (non-hydrogen) atoms. The van der Waals surface area contributed by atoms with Gasteiger partial charge in [-0.3, -0.25) is 4.79 Å². The van der Waals surface area contributed by atoms with Crippen LogP contribution in [0.2, 0.25) is 5.02 Å². The van der Waals surface area contributed by atoms with Gasteiger partial charge in [-0.05, 0) is 48.9 Å². The monoisotopic (exact) mass is 339 g/mol. The van der Waals surface area contributed by atoms with Gasteiger partial charge in [-0.1, -0.05) is 27.5 Å². The Balaban J connectivity index is 2.28. The standard InChI is InChI=1S/C14H11BrClNO2/c1-8-6-10(16)3-4-12(8)17-14(19)11-7-9(15)2-5-13(11)18/h2-7,18H,1H3,(H,17,19). The number of anilines is 1. The van der Waals surface area contributed by atoms with Crippen LogP contribution in [0.25, 0.3) is 0 Å². The summed E-state index contributed by atoms with van der Waals surface area (Å²) in [5, 5.41) is 13.0. The van der Waals surface area contributed by atoms with Crippen LogP contribution in [0.3, 0.4) is 0 Å². The molecule has 2 aromatic carbocycles. The van der Waals surface area contributed by atoms with Crippen molar-refractivity contribution in [2.24, 2.45) is 0 Å². The Kier molecular flexibility index (Phi) is 4.12. The maximum absolute atomic E-state index is 12.1. The third-order valence-electron chi connectivity index (χ3n) is 2.64. The van der Waals surface area contributed by atoms with Crippen molar-refractivity contribution in [1.82, 2.24) is 0 Å². The van der Waals surface area contributed by atoms with Crippen LogP contribution in [0.15, 0.2) is 40.9 Å². The Hall–Kier alpha value is -1.52. The van der Waals surface area contributed by atoms with E-state index in [1.54, 1.807) is 30.3 Å². The molecule has 5 heteroatoms. The van der Waals surface area contributed by atoms with E-state index in [0.29, 0.717) is 10.7 Å². The predicted octanol–water partition coefficient (Wildman–Crippen LogP) is 4.37. The van der Waals surface area contributed by atoms with Gasteiger partial charge >= 0.3 is 0 Å². The molecule has 0 fully saturated rings. The lowest BCUT2D eigenvalue weighted by atomic mass is 10.1. The molecular weight excluding hydrogens is 330 g/mol. The third-order valence-corrected chi connectivity index (χ3v) is 3.37. The minimum Gasteiger partial charge on any atom is -0.507 e. The zero-order chi connectivity index (χ0) is 14.0. The summed E-state index contributed by atoms with van der Waals surface area (Å²) in [6.45, 7) is 1.85. The van der Waals surface area contributed by atoms with Crippen molar-refractivity contribution in [1.29, 1.82) is 0 Å². The second kappa shape index (κ2) is 5.63. The molecule has 2 N–H and O–H groups in total. The van der Waals surface area contributed by atoms with Gasteiger partial charge in [0, 0.05) is 15.2 Å². The molecule has 0 unspecified atom stereocenters. The van der Waals surface area contributed by atoms with Gasteiger partial charge in [-0.15, -0.1) is 0 Å². The van der Waals surface area contributed by atoms with Crippen LogP contribution in [-0.2, 0) is 0 Å².